The van der Waals surface area contributed by atoms with Crippen molar-refractivity contribution in [3.8, 4) is 0 Å². The molecule has 1 unspecified atom stereocenters. The van der Waals surface area contributed by atoms with Crippen molar-refractivity contribution in [2.75, 3.05) is 59.0 Å². The molecule has 1 aromatic rings. The van der Waals surface area contributed by atoms with Crippen LogP contribution >= 0.6 is 0 Å². The molecule has 1 atom stereocenters. The van der Waals surface area contributed by atoms with E-state index in [0.29, 0.717) is 11.8 Å². The normalized spacial score (nSPS) is 23.7. The molecule has 0 aliphatic carbocycles. The van der Waals surface area contributed by atoms with Crippen LogP contribution in [-0.2, 0) is 16.0 Å². The van der Waals surface area contributed by atoms with Gasteiger partial charge in [-0.15, -0.1) is 0 Å². The van der Waals surface area contributed by atoms with E-state index in [1.807, 2.05) is 0 Å². The minimum atomic E-state index is 0.0332. The highest BCUT2D eigenvalue weighted by Gasteiger charge is 2.31. The number of benzene rings is 1. The van der Waals surface area contributed by atoms with Gasteiger partial charge in [-0.25, -0.2) is 0 Å². The summed E-state index contributed by atoms with van der Waals surface area (Å²) in [5, 5.41) is 0. The van der Waals surface area contributed by atoms with Crippen molar-refractivity contribution in [3.05, 3.63) is 35.9 Å². The Labute approximate surface area is 188 Å². The molecule has 0 saturated carbocycles. The predicted molar refractivity (Wildman–Crippen MR) is 125 cm³/mol. The molecular weight excluding hydrogens is 386 g/mol. The smallest absolute Gasteiger partial charge is 0.239 e. The third-order valence-electron chi connectivity index (χ3n) is 7.80. The molecule has 3 heterocycles. The second kappa shape index (κ2) is 11.4. The Kier molecular flexibility index (Phi) is 8.40. The zero-order valence-corrected chi connectivity index (χ0v) is 19.4. The first-order valence-electron chi connectivity index (χ1n) is 12.6. The molecule has 3 aliphatic rings. The van der Waals surface area contributed by atoms with E-state index in [2.05, 4.69) is 52.0 Å². The number of likely N-dealkylation sites (tertiary alicyclic amines) is 2. The average Bonchev–Trinajstić information content (AvgIpc) is 2.84. The third-order valence-corrected chi connectivity index (χ3v) is 7.80. The van der Waals surface area contributed by atoms with Crippen LogP contribution in [0.15, 0.2) is 30.3 Å². The standard InChI is InChI=1S/C26H41N3O2/c1-22(28-13-8-23(9-14-28)7-12-27-17-19-31-20-18-27)26(30)29-15-10-25(11-16-29)21-24-5-3-2-4-6-24/h2-6,22-23,25H,7-21H2,1H3. The van der Waals surface area contributed by atoms with E-state index in [9.17, 15) is 4.79 Å². The maximum absolute atomic E-state index is 13.1. The molecule has 3 saturated heterocycles. The Morgan fingerprint density at radius 1 is 0.935 bits per heavy atom. The molecule has 31 heavy (non-hydrogen) atoms. The highest BCUT2D eigenvalue weighted by molar-refractivity contribution is 5.81. The average molecular weight is 428 g/mol. The number of piperidine rings is 2. The molecule has 3 aliphatic heterocycles. The van der Waals surface area contributed by atoms with Crippen molar-refractivity contribution in [1.82, 2.24) is 14.7 Å². The van der Waals surface area contributed by atoms with Crippen LogP contribution < -0.4 is 0 Å². The minimum Gasteiger partial charge on any atom is -0.379 e. The Morgan fingerprint density at radius 2 is 1.58 bits per heavy atom. The Hall–Kier alpha value is -1.43. The lowest BCUT2D eigenvalue weighted by molar-refractivity contribution is -0.138. The number of ether oxygens (including phenoxy) is 1. The van der Waals surface area contributed by atoms with Crippen LogP contribution in [0.3, 0.4) is 0 Å². The quantitative estimate of drug-likeness (QED) is 0.669. The molecule has 0 aromatic heterocycles. The van der Waals surface area contributed by atoms with Crippen molar-refractivity contribution >= 4 is 5.91 Å². The summed E-state index contributed by atoms with van der Waals surface area (Å²) >= 11 is 0. The summed E-state index contributed by atoms with van der Waals surface area (Å²) in [7, 11) is 0. The van der Waals surface area contributed by atoms with Crippen LogP contribution in [-0.4, -0.2) is 85.7 Å². The first-order valence-corrected chi connectivity index (χ1v) is 12.6. The number of rotatable bonds is 7. The van der Waals surface area contributed by atoms with Gasteiger partial charge in [-0.3, -0.25) is 14.6 Å². The second-order valence-electron chi connectivity index (χ2n) is 9.86. The summed E-state index contributed by atoms with van der Waals surface area (Å²) in [5.74, 6) is 1.88. The van der Waals surface area contributed by atoms with Gasteiger partial charge in [-0.05, 0) is 82.5 Å². The topological polar surface area (TPSA) is 36.0 Å². The maximum Gasteiger partial charge on any atom is 0.239 e. The van der Waals surface area contributed by atoms with Gasteiger partial charge in [0, 0.05) is 26.2 Å². The second-order valence-corrected chi connectivity index (χ2v) is 9.86. The molecule has 5 nitrogen and oxygen atoms in total. The van der Waals surface area contributed by atoms with E-state index in [1.165, 1.54) is 31.4 Å². The molecule has 4 rings (SSSR count). The van der Waals surface area contributed by atoms with E-state index in [0.717, 1.165) is 77.7 Å². The van der Waals surface area contributed by atoms with Gasteiger partial charge in [0.1, 0.15) is 0 Å². The summed E-state index contributed by atoms with van der Waals surface area (Å²) in [6, 6.07) is 10.8. The molecule has 172 valence electrons. The minimum absolute atomic E-state index is 0.0332. The summed E-state index contributed by atoms with van der Waals surface area (Å²) in [6.45, 7) is 11.3. The largest absolute Gasteiger partial charge is 0.379 e. The molecular formula is C26H41N3O2. The van der Waals surface area contributed by atoms with E-state index in [1.54, 1.807) is 0 Å². The summed E-state index contributed by atoms with van der Waals surface area (Å²) in [4.78, 5) is 20.3. The molecule has 1 aromatic carbocycles. The number of carbonyl (C=O) groups excluding carboxylic acids is 1. The van der Waals surface area contributed by atoms with Gasteiger partial charge >= 0.3 is 0 Å². The zero-order valence-electron chi connectivity index (χ0n) is 19.4. The van der Waals surface area contributed by atoms with Gasteiger partial charge in [0.25, 0.3) is 0 Å². The van der Waals surface area contributed by atoms with Crippen molar-refractivity contribution in [1.29, 1.82) is 0 Å². The highest BCUT2D eigenvalue weighted by Crippen LogP contribution is 2.25. The Morgan fingerprint density at radius 3 is 2.26 bits per heavy atom. The van der Waals surface area contributed by atoms with Crippen LogP contribution in [0.25, 0.3) is 0 Å². The van der Waals surface area contributed by atoms with Crippen LogP contribution in [0.1, 0.15) is 44.6 Å². The lowest BCUT2D eigenvalue weighted by Crippen LogP contribution is -2.51. The van der Waals surface area contributed by atoms with Crippen molar-refractivity contribution in [2.45, 2.75) is 51.5 Å². The maximum atomic E-state index is 13.1. The molecule has 0 N–H and O–H groups in total. The van der Waals surface area contributed by atoms with Crippen LogP contribution in [0.2, 0.25) is 0 Å². The van der Waals surface area contributed by atoms with Gasteiger partial charge in [-0.2, -0.15) is 0 Å². The molecule has 0 radical (unpaired) electrons. The van der Waals surface area contributed by atoms with Gasteiger partial charge in [0.15, 0.2) is 0 Å². The lowest BCUT2D eigenvalue weighted by Gasteiger charge is -2.39. The van der Waals surface area contributed by atoms with E-state index in [4.69, 9.17) is 4.74 Å². The number of nitrogens with zero attached hydrogens (tertiary/aromatic N) is 3. The Balaban J connectivity index is 1.15. The van der Waals surface area contributed by atoms with E-state index < -0.39 is 0 Å². The third kappa shape index (κ3) is 6.53. The SMILES string of the molecule is CC(C(=O)N1CCC(Cc2ccccc2)CC1)N1CCC(CCN2CCOCC2)CC1. The highest BCUT2D eigenvalue weighted by atomic mass is 16.5. The fourth-order valence-corrected chi connectivity index (χ4v) is 5.54. The van der Waals surface area contributed by atoms with Gasteiger partial charge in [-0.1, -0.05) is 30.3 Å². The lowest BCUT2D eigenvalue weighted by atomic mass is 9.89. The van der Waals surface area contributed by atoms with Crippen LogP contribution in [0.4, 0.5) is 0 Å². The number of carbonyl (C=O) groups is 1. The fraction of sp³-hybridized carbons (Fsp3) is 0.731. The first-order chi connectivity index (χ1) is 15.2. The fourth-order valence-electron chi connectivity index (χ4n) is 5.54. The van der Waals surface area contributed by atoms with Crippen molar-refractivity contribution < 1.29 is 9.53 Å². The number of hydrogen-bond donors (Lipinski definition) is 0. The van der Waals surface area contributed by atoms with E-state index in [-0.39, 0.29) is 6.04 Å². The monoisotopic (exact) mass is 427 g/mol. The Bertz CT molecular complexity index is 660. The predicted octanol–water partition coefficient (Wildman–Crippen LogP) is 3.29. The van der Waals surface area contributed by atoms with Crippen LogP contribution in [0, 0.1) is 11.8 Å². The molecule has 5 heteroatoms. The number of morpholine rings is 1. The van der Waals surface area contributed by atoms with Crippen LogP contribution in [0.5, 0.6) is 0 Å². The summed E-state index contributed by atoms with van der Waals surface area (Å²) < 4.78 is 5.45. The summed E-state index contributed by atoms with van der Waals surface area (Å²) in [5.41, 5.74) is 1.43. The summed E-state index contributed by atoms with van der Waals surface area (Å²) in [6.07, 6.45) is 7.19. The molecule has 3 fully saturated rings. The van der Waals surface area contributed by atoms with Gasteiger partial charge in [0.05, 0.1) is 19.3 Å². The molecule has 0 bridgehead atoms. The number of amides is 1. The first kappa shape index (κ1) is 22.8. The van der Waals surface area contributed by atoms with Gasteiger partial charge in [0.2, 0.25) is 5.91 Å². The molecule has 0 spiro atoms. The molecule has 1 amide bonds. The van der Waals surface area contributed by atoms with Crippen molar-refractivity contribution in [3.63, 3.8) is 0 Å². The van der Waals surface area contributed by atoms with Gasteiger partial charge < -0.3 is 9.64 Å². The number of hydrogen-bond acceptors (Lipinski definition) is 4. The van der Waals surface area contributed by atoms with Crippen molar-refractivity contribution in [2.24, 2.45) is 11.8 Å². The zero-order chi connectivity index (χ0) is 21.5. The van der Waals surface area contributed by atoms with E-state index >= 15 is 0 Å².